The van der Waals surface area contributed by atoms with Crippen molar-refractivity contribution in [3.63, 3.8) is 0 Å². The molecule has 6 nitrogen and oxygen atoms in total. The van der Waals surface area contributed by atoms with Crippen molar-refractivity contribution in [3.05, 3.63) is 27.2 Å². The molecular weight excluding hydrogens is 170 g/mol. The van der Waals surface area contributed by atoms with Crippen LogP contribution in [0.15, 0.2) is 15.9 Å². The minimum atomic E-state index is -0.555. The Kier molecular flexibility index (Phi) is 1.61. The Balaban J connectivity index is 3.06. The zero-order valence-electron chi connectivity index (χ0n) is 6.57. The Morgan fingerprint density at radius 3 is 2.92 bits per heavy atom. The second-order valence-electron chi connectivity index (χ2n) is 2.44. The maximum atomic E-state index is 11.1. The summed E-state index contributed by atoms with van der Waals surface area (Å²) >= 11 is 0. The van der Waals surface area contributed by atoms with Gasteiger partial charge in [-0.15, -0.1) is 0 Å². The molecule has 13 heavy (non-hydrogen) atoms. The second kappa shape index (κ2) is 2.65. The van der Waals surface area contributed by atoms with Crippen molar-refractivity contribution in [1.29, 1.82) is 0 Å². The van der Waals surface area contributed by atoms with E-state index in [-0.39, 0.29) is 5.52 Å². The summed E-state index contributed by atoms with van der Waals surface area (Å²) in [5, 5.41) is 0. The van der Waals surface area contributed by atoms with Gasteiger partial charge in [0.15, 0.2) is 0 Å². The topological polar surface area (TPSA) is 83.5 Å². The first-order valence-electron chi connectivity index (χ1n) is 3.54. The molecule has 0 saturated heterocycles. The molecule has 8 heteroatoms. The fourth-order valence-electron chi connectivity index (χ4n) is 1.09. The van der Waals surface area contributed by atoms with E-state index >= 15 is 0 Å². The van der Waals surface area contributed by atoms with Crippen LogP contribution in [-0.4, -0.2) is 33.7 Å². The quantitative estimate of drug-likeness (QED) is 0.476. The van der Waals surface area contributed by atoms with Gasteiger partial charge in [-0.3, -0.25) is 0 Å². The van der Waals surface area contributed by atoms with Crippen LogP contribution in [0, 0.1) is 0 Å². The van der Waals surface area contributed by atoms with Crippen molar-refractivity contribution >= 4 is 25.5 Å². The summed E-state index contributed by atoms with van der Waals surface area (Å²) in [6, 6.07) is 0. The molecule has 0 amide bonds. The summed E-state index contributed by atoms with van der Waals surface area (Å²) < 4.78 is 1.46. The number of aromatic nitrogens is 4. The molecule has 0 saturated carbocycles. The molecule has 0 aliphatic carbocycles. The molecule has 0 aliphatic rings. The minimum absolute atomic E-state index is 0.194. The zero-order chi connectivity index (χ0) is 9.42. The molecule has 62 valence electrons. The van der Waals surface area contributed by atoms with Gasteiger partial charge >= 0.3 is 72.1 Å². The van der Waals surface area contributed by atoms with Crippen LogP contribution >= 0.6 is 0 Å². The van der Waals surface area contributed by atoms with Crippen molar-refractivity contribution in [2.45, 2.75) is 0 Å². The van der Waals surface area contributed by atoms with Crippen LogP contribution in [0.1, 0.15) is 0 Å². The van der Waals surface area contributed by atoms with Crippen molar-refractivity contribution in [3.8, 4) is 0 Å². The standard InChI is InChI=1S/C5H4B2N4O2/c6-7-11-1-8-2-3(11)9-5(13)10-4(2)12/h1,6H,(H2,9,10,12,13). The summed E-state index contributed by atoms with van der Waals surface area (Å²) in [6.07, 6.45) is 1.41. The van der Waals surface area contributed by atoms with Gasteiger partial charge in [0, 0.05) is 0 Å². The van der Waals surface area contributed by atoms with E-state index in [4.69, 9.17) is 0 Å². The molecule has 0 aromatic carbocycles. The van der Waals surface area contributed by atoms with Gasteiger partial charge in [-0.25, -0.2) is 0 Å². The average molecular weight is 174 g/mol. The van der Waals surface area contributed by atoms with Gasteiger partial charge < -0.3 is 0 Å². The summed E-state index contributed by atoms with van der Waals surface area (Å²) in [6.45, 7) is 1.45. The van der Waals surface area contributed by atoms with E-state index in [2.05, 4.69) is 22.3 Å². The number of fused-ring (bicyclic) bond motifs is 1. The molecule has 2 heterocycles. The zero-order valence-corrected chi connectivity index (χ0v) is 6.57. The number of nitrogens with zero attached hydrogens (tertiary/aromatic N) is 2. The van der Waals surface area contributed by atoms with Crippen LogP contribution in [-0.2, 0) is 0 Å². The Labute approximate surface area is 72.9 Å². The van der Waals surface area contributed by atoms with E-state index in [1.807, 2.05) is 0 Å². The fraction of sp³-hybridized carbons (Fsp3) is 0. The molecule has 0 aliphatic heterocycles. The summed E-state index contributed by atoms with van der Waals surface area (Å²) in [4.78, 5) is 30.4. The van der Waals surface area contributed by atoms with Crippen LogP contribution in [0.5, 0.6) is 0 Å². The van der Waals surface area contributed by atoms with Crippen molar-refractivity contribution < 1.29 is 0 Å². The third-order valence-corrected chi connectivity index (χ3v) is 1.66. The molecule has 0 bridgehead atoms. The van der Waals surface area contributed by atoms with Crippen molar-refractivity contribution in [2.75, 3.05) is 0 Å². The Hall–Kier alpha value is -1.72. The summed E-state index contributed by atoms with van der Waals surface area (Å²) in [5.41, 5.74) is -0.510. The van der Waals surface area contributed by atoms with Crippen LogP contribution < -0.4 is 11.2 Å². The monoisotopic (exact) mass is 174 g/mol. The molecule has 0 unspecified atom stereocenters. The summed E-state index contributed by atoms with van der Waals surface area (Å²) in [5.74, 6) is 0. The number of hydrogen-bond donors (Lipinski definition) is 2. The molecule has 0 spiro atoms. The van der Waals surface area contributed by atoms with E-state index < -0.39 is 11.2 Å². The van der Waals surface area contributed by atoms with Gasteiger partial charge in [-0.2, -0.15) is 0 Å². The van der Waals surface area contributed by atoms with Crippen molar-refractivity contribution in [2.24, 2.45) is 0 Å². The van der Waals surface area contributed by atoms with Crippen LogP contribution in [0.3, 0.4) is 0 Å². The molecule has 0 atom stereocenters. The molecule has 2 N–H and O–H groups in total. The SMILES string of the molecule is B=Bn1cnc2c(=O)[nH]c(=O)[nH]c21. The third-order valence-electron chi connectivity index (χ3n) is 1.66. The van der Waals surface area contributed by atoms with Crippen LogP contribution in [0.4, 0.5) is 0 Å². The van der Waals surface area contributed by atoms with Crippen molar-refractivity contribution in [1.82, 2.24) is 19.4 Å². The predicted octanol–water partition coefficient (Wildman–Crippen LogP) is -2.30. The molecule has 0 radical (unpaired) electrons. The van der Waals surface area contributed by atoms with Gasteiger partial charge in [0.1, 0.15) is 0 Å². The first-order valence-corrected chi connectivity index (χ1v) is 3.54. The number of H-pyrrole nitrogens is 2. The number of aromatic amines is 2. The predicted molar refractivity (Wildman–Crippen MR) is 49.3 cm³/mol. The molecule has 2 aromatic rings. The van der Waals surface area contributed by atoms with E-state index in [1.54, 1.807) is 0 Å². The van der Waals surface area contributed by atoms with Gasteiger partial charge in [-0.1, -0.05) is 0 Å². The Morgan fingerprint density at radius 2 is 2.23 bits per heavy atom. The molecule has 0 fully saturated rings. The van der Waals surface area contributed by atoms with E-state index in [0.717, 1.165) is 0 Å². The fourth-order valence-corrected chi connectivity index (χ4v) is 1.09. The van der Waals surface area contributed by atoms with Gasteiger partial charge in [0.25, 0.3) is 0 Å². The first-order chi connectivity index (χ1) is 6.22. The summed E-state index contributed by atoms with van der Waals surface area (Å²) in [7, 11) is 3.50. The van der Waals surface area contributed by atoms with E-state index in [9.17, 15) is 9.59 Å². The number of nitrogens with one attached hydrogen (secondary N) is 2. The van der Waals surface area contributed by atoms with Crippen LogP contribution in [0.2, 0.25) is 0 Å². The number of imidazole rings is 1. The van der Waals surface area contributed by atoms with E-state index in [0.29, 0.717) is 5.65 Å². The Bertz CT molecular complexity index is 580. The first kappa shape index (κ1) is 7.90. The molecule has 2 aromatic heterocycles. The number of hydrogen-bond acceptors (Lipinski definition) is 3. The van der Waals surface area contributed by atoms with E-state index in [1.165, 1.54) is 17.7 Å². The Morgan fingerprint density at radius 1 is 1.46 bits per heavy atom. The normalized spacial score (nSPS) is 10.1. The third kappa shape index (κ3) is 1.10. The van der Waals surface area contributed by atoms with Gasteiger partial charge in [-0.05, 0) is 0 Å². The van der Waals surface area contributed by atoms with Gasteiger partial charge in [0.05, 0.1) is 0 Å². The molecule has 2 rings (SSSR count). The second-order valence-corrected chi connectivity index (χ2v) is 2.44. The van der Waals surface area contributed by atoms with Gasteiger partial charge in [0.2, 0.25) is 0 Å². The number of rotatable bonds is 1. The maximum absolute atomic E-state index is 11.1. The van der Waals surface area contributed by atoms with Crippen LogP contribution in [0.25, 0.3) is 11.2 Å². The molecular formula is C5H4B2N4O2. The average Bonchev–Trinajstić information content (AvgIpc) is 2.47.